The molecule has 0 rings (SSSR count). The quantitative estimate of drug-likeness (QED) is 0.127. The maximum absolute atomic E-state index is 13.5. The summed E-state index contributed by atoms with van der Waals surface area (Å²) in [4.78, 5) is 9.76. The van der Waals surface area contributed by atoms with Gasteiger partial charge in [-0.25, -0.2) is 4.39 Å². The number of alkyl halides is 23. The van der Waals surface area contributed by atoms with Crippen LogP contribution in [0.2, 0.25) is 0 Å². The molecule has 0 N–H and O–H groups in total. The molecule has 0 aliphatic heterocycles. The molecule has 25 heteroatoms. The normalized spacial score (nSPS) is 17.0. The summed E-state index contributed by atoms with van der Waals surface area (Å²) in [6.07, 6.45) is -11.0. The van der Waals surface area contributed by atoms with Gasteiger partial charge in [0.2, 0.25) is 0 Å². The molecule has 0 heterocycles. The molecule has 0 aromatic carbocycles. The van der Waals surface area contributed by atoms with Crippen molar-refractivity contribution in [1.29, 1.82) is 0 Å². The van der Waals surface area contributed by atoms with E-state index in [1.165, 1.54) is 0 Å². The van der Waals surface area contributed by atoms with E-state index in [-0.39, 0.29) is 0 Å². The Morgan fingerprint density at radius 3 is 0.769 bits per heavy atom. The van der Waals surface area contributed by atoms with Crippen LogP contribution in [0.25, 0.3) is 0 Å². The van der Waals surface area contributed by atoms with Gasteiger partial charge in [-0.2, -0.15) is 101 Å². The number of halogens is 24. The lowest BCUT2D eigenvalue weighted by molar-refractivity contribution is -0.478. The van der Waals surface area contributed by atoms with Crippen LogP contribution in [0.5, 0.6) is 0 Å². The highest BCUT2D eigenvalue weighted by atomic mass is 19.4. The van der Waals surface area contributed by atoms with Gasteiger partial charge in [0, 0.05) is 6.08 Å². The molecular weight excluding hydrogens is 640 g/mol. The van der Waals surface area contributed by atoms with Crippen molar-refractivity contribution in [2.24, 2.45) is 0 Å². The van der Waals surface area contributed by atoms with Gasteiger partial charge in [-0.05, 0) is 0 Å². The molecule has 0 amide bonds. The third kappa shape index (κ3) is 4.34. The lowest BCUT2D eigenvalue weighted by atomic mass is 9.85. The Bertz CT molecular complexity index is 950. The zero-order chi connectivity index (χ0) is 32.5. The zero-order valence-corrected chi connectivity index (χ0v) is 16.6. The topological polar surface area (TPSA) is 17.1 Å². The molecule has 0 fully saturated rings. The van der Waals surface area contributed by atoms with E-state index < -0.39 is 83.6 Å². The van der Waals surface area contributed by atoms with Crippen LogP contribution in [0.1, 0.15) is 0 Å². The van der Waals surface area contributed by atoms with Crippen LogP contribution in [0.3, 0.4) is 0 Å². The molecule has 0 aliphatic carbocycles. The lowest BCUT2D eigenvalue weighted by Crippen LogP contribution is -2.77. The first-order chi connectivity index (χ1) is 16.5. The van der Waals surface area contributed by atoms with Crippen molar-refractivity contribution in [2.75, 3.05) is 0 Å². The summed E-state index contributed by atoms with van der Waals surface area (Å²) in [5.74, 6) is -94.3. The smallest absolute Gasteiger partial charge is 0.298 e. The van der Waals surface area contributed by atoms with Crippen LogP contribution in [0.15, 0.2) is 11.9 Å². The van der Waals surface area contributed by atoms with Crippen LogP contribution in [-0.2, 0) is 4.79 Å². The second-order valence-corrected chi connectivity index (χ2v) is 6.89. The van der Waals surface area contributed by atoms with Crippen molar-refractivity contribution in [2.45, 2.75) is 65.4 Å². The number of carbonyl (C=O) groups is 1. The summed E-state index contributed by atoms with van der Waals surface area (Å²) in [6.45, 7) is 0. The largest absolute Gasteiger partial charge is 0.460 e. The van der Waals surface area contributed by atoms with E-state index in [4.69, 9.17) is 0 Å². The Hall–Kier alpha value is -2.27. The lowest BCUT2D eigenvalue weighted by Gasteiger charge is -2.45. The maximum Gasteiger partial charge on any atom is 0.460 e. The third-order valence-corrected chi connectivity index (χ3v) is 4.42. The molecule has 0 aromatic rings. The molecular formula is C14H2F24O. The Kier molecular flexibility index (Phi) is 8.59. The molecule has 0 aromatic heterocycles. The van der Waals surface area contributed by atoms with Crippen molar-refractivity contribution in [3.05, 3.63) is 11.9 Å². The van der Waals surface area contributed by atoms with Gasteiger partial charge in [0.15, 0.2) is 5.83 Å². The fourth-order valence-corrected chi connectivity index (χ4v) is 2.07. The highest BCUT2D eigenvalue weighted by molar-refractivity contribution is 5.66. The van der Waals surface area contributed by atoms with E-state index in [0.717, 1.165) is 0 Å². The average molecular weight is 642 g/mol. The zero-order valence-electron chi connectivity index (χ0n) is 16.6. The van der Waals surface area contributed by atoms with E-state index in [1.54, 1.807) is 0 Å². The summed E-state index contributed by atoms with van der Waals surface area (Å²) < 4.78 is 314. The molecule has 0 saturated carbocycles. The van der Waals surface area contributed by atoms with Crippen molar-refractivity contribution in [3.8, 4) is 0 Å². The first-order valence-electron chi connectivity index (χ1n) is 8.14. The summed E-state index contributed by atoms with van der Waals surface area (Å²) in [7, 11) is 0. The number of aldehydes is 1. The molecule has 0 bridgehead atoms. The molecule has 232 valence electrons. The maximum atomic E-state index is 13.5. The van der Waals surface area contributed by atoms with Crippen LogP contribution in [0, 0.1) is 0 Å². The average Bonchev–Trinajstić information content (AvgIpc) is 2.71. The van der Waals surface area contributed by atoms with Gasteiger partial charge < -0.3 is 0 Å². The minimum absolute atomic E-state index is 1.34. The highest BCUT2D eigenvalue weighted by Crippen LogP contribution is 2.67. The number of hydrogen-bond donors (Lipinski definition) is 0. The predicted molar refractivity (Wildman–Crippen MR) is 70.8 cm³/mol. The monoisotopic (exact) mass is 642 g/mol. The minimum Gasteiger partial charge on any atom is -0.298 e. The summed E-state index contributed by atoms with van der Waals surface area (Å²) in [5.41, 5.74) is 0. The van der Waals surface area contributed by atoms with E-state index >= 15 is 0 Å². The van der Waals surface area contributed by atoms with E-state index in [2.05, 4.69) is 0 Å². The van der Waals surface area contributed by atoms with Crippen molar-refractivity contribution < 1.29 is 110 Å². The van der Waals surface area contributed by atoms with Crippen molar-refractivity contribution in [1.82, 2.24) is 0 Å². The number of rotatable bonds is 11. The Morgan fingerprint density at radius 2 is 0.564 bits per heavy atom. The Balaban J connectivity index is 7.30. The van der Waals surface area contributed by atoms with Gasteiger partial charge >= 0.3 is 65.4 Å². The molecule has 1 nitrogen and oxygen atoms in total. The molecule has 0 spiro atoms. The number of allylic oxidation sites excluding steroid dienone is 2. The van der Waals surface area contributed by atoms with Gasteiger partial charge in [-0.1, -0.05) is 0 Å². The van der Waals surface area contributed by atoms with Gasteiger partial charge in [0.1, 0.15) is 6.29 Å². The summed E-state index contributed by atoms with van der Waals surface area (Å²) in [6, 6.07) is 0. The van der Waals surface area contributed by atoms with E-state index in [0.29, 0.717) is 0 Å². The van der Waals surface area contributed by atoms with Gasteiger partial charge in [-0.3, -0.25) is 4.79 Å². The fraction of sp³-hybridized carbons (Fsp3) is 0.786. The number of carbonyl (C=O) groups excluding carboxylic acids is 1. The Morgan fingerprint density at radius 1 is 0.359 bits per heavy atom. The number of hydrogen-bond acceptors (Lipinski definition) is 1. The van der Waals surface area contributed by atoms with Crippen LogP contribution in [-0.4, -0.2) is 71.7 Å². The molecule has 0 aliphatic rings. The molecule has 0 atom stereocenters. The van der Waals surface area contributed by atoms with Crippen molar-refractivity contribution in [3.63, 3.8) is 0 Å². The predicted octanol–water partition coefficient (Wildman–Crippen LogP) is 7.95. The van der Waals surface area contributed by atoms with Gasteiger partial charge in [-0.15, -0.1) is 0 Å². The standard InChI is InChI=1S/C14H2F24O/c15-3(1-2-39)4(16,17)5(18,19)6(20,21)7(22,23)8(24,25)9(26,27)10(28,29)11(30,31)12(32,33)13(34,35)14(36,37)38/h1-2H/b3-1-. The van der Waals surface area contributed by atoms with Gasteiger partial charge in [0.25, 0.3) is 0 Å². The molecule has 39 heavy (non-hydrogen) atoms. The second kappa shape index (κ2) is 9.12. The second-order valence-electron chi connectivity index (χ2n) is 6.89. The summed E-state index contributed by atoms with van der Waals surface area (Å²) >= 11 is 0. The van der Waals surface area contributed by atoms with Crippen LogP contribution >= 0.6 is 0 Å². The van der Waals surface area contributed by atoms with Crippen molar-refractivity contribution >= 4 is 6.29 Å². The highest BCUT2D eigenvalue weighted by Gasteiger charge is 2.99. The minimum atomic E-state index is -9.52. The Labute approximate surface area is 195 Å². The van der Waals surface area contributed by atoms with Gasteiger partial charge in [0.05, 0.1) is 0 Å². The third-order valence-electron chi connectivity index (χ3n) is 4.42. The van der Waals surface area contributed by atoms with E-state index in [9.17, 15) is 110 Å². The first-order valence-corrected chi connectivity index (χ1v) is 8.14. The molecule has 0 radical (unpaired) electrons. The first kappa shape index (κ1) is 36.7. The van der Waals surface area contributed by atoms with E-state index in [1.807, 2.05) is 0 Å². The van der Waals surface area contributed by atoms with Crippen LogP contribution in [0.4, 0.5) is 105 Å². The summed E-state index contributed by atoms with van der Waals surface area (Å²) in [5, 5.41) is 0. The fourth-order valence-electron chi connectivity index (χ4n) is 2.07. The SMILES string of the molecule is O=C/C=C(\F)C(F)(F)C(F)(F)C(F)(F)C(F)(F)C(F)(F)C(F)(F)C(F)(F)C(F)(F)C(F)(F)C(F)(F)C(F)(F)F. The molecule has 0 unspecified atom stereocenters. The molecule has 0 saturated heterocycles. The van der Waals surface area contributed by atoms with Crippen LogP contribution < -0.4 is 0 Å².